The Bertz CT molecular complexity index is 722. The van der Waals surface area contributed by atoms with Gasteiger partial charge in [-0.15, -0.1) is 0 Å². The van der Waals surface area contributed by atoms with Crippen molar-refractivity contribution in [3.05, 3.63) is 12.2 Å². The minimum Gasteiger partial charge on any atom is -0.477 e. The van der Waals surface area contributed by atoms with E-state index in [4.69, 9.17) is 0 Å². The minimum atomic E-state index is -1.09. The molecule has 264 valence electrons. The van der Waals surface area contributed by atoms with Crippen LogP contribution in [0.5, 0.6) is 0 Å². The molecule has 0 aromatic carbocycles. The lowest BCUT2D eigenvalue weighted by Crippen LogP contribution is -2.72. The molecule has 0 aromatic heterocycles. The van der Waals surface area contributed by atoms with E-state index in [9.17, 15) is 29.7 Å². The first kappa shape index (κ1) is 43.1. The summed E-state index contributed by atoms with van der Waals surface area (Å²) < 4.78 is -0.391. The van der Waals surface area contributed by atoms with E-state index in [-0.39, 0.29) is 25.8 Å². The third kappa shape index (κ3) is 18.1. The first-order valence-electron chi connectivity index (χ1n) is 18.9. The fourth-order valence-corrected chi connectivity index (χ4v) is 7.16. The molecule has 0 aliphatic heterocycles. The van der Waals surface area contributed by atoms with Crippen molar-refractivity contribution >= 4 is 17.9 Å². The molecular formula is C38H72NO6+. The van der Waals surface area contributed by atoms with Crippen molar-refractivity contribution in [1.82, 2.24) is 0 Å². The van der Waals surface area contributed by atoms with Crippen LogP contribution in [-0.4, -0.2) is 62.4 Å². The summed E-state index contributed by atoms with van der Waals surface area (Å²) in [5.41, 5.74) is 0. The lowest BCUT2D eigenvalue weighted by atomic mass is 9.91. The third-order valence-electron chi connectivity index (χ3n) is 9.59. The molecule has 3 unspecified atom stereocenters. The van der Waals surface area contributed by atoms with E-state index >= 15 is 0 Å². The van der Waals surface area contributed by atoms with E-state index < -0.39 is 40.5 Å². The molecule has 0 radical (unpaired) electrons. The second-order valence-electron chi connectivity index (χ2n) is 13.4. The van der Waals surface area contributed by atoms with Crippen molar-refractivity contribution in [2.45, 2.75) is 206 Å². The molecule has 7 nitrogen and oxygen atoms in total. The Kier molecular flexibility index (Phi) is 27.2. The van der Waals surface area contributed by atoms with Crippen LogP contribution in [-0.2, 0) is 14.4 Å². The Morgan fingerprint density at radius 2 is 0.733 bits per heavy atom. The highest BCUT2D eigenvalue weighted by Crippen LogP contribution is 2.34. The topological polar surface area (TPSA) is 112 Å². The molecule has 0 aliphatic carbocycles. The Morgan fingerprint density at radius 1 is 0.444 bits per heavy atom. The average molecular weight is 639 g/mol. The van der Waals surface area contributed by atoms with Crippen LogP contribution in [0.1, 0.15) is 188 Å². The van der Waals surface area contributed by atoms with E-state index in [1.54, 1.807) is 0 Å². The molecule has 0 saturated heterocycles. The molecule has 0 heterocycles. The van der Waals surface area contributed by atoms with Gasteiger partial charge in [0, 0.05) is 19.3 Å². The third-order valence-corrected chi connectivity index (χ3v) is 9.59. The standard InChI is InChI=1S/C38H71NO6/c1-5-9-10-11-12-13-14-15-16-17-18-19-20-21-22-23-24-25-26-27-28-32-39(33(29-6-2)36(40)41,34(30-7-3)37(42)43)35(31-8-4)38(44)45/h24-25,33-35H,5-23,26-32H2,1-4H3,(H2-,40,41,42,43,44,45)/p+1/b25-24+. The van der Waals surface area contributed by atoms with Gasteiger partial charge in [-0.3, -0.25) is 4.48 Å². The number of carboxylic acid groups (broad SMARTS) is 3. The fourth-order valence-electron chi connectivity index (χ4n) is 7.16. The molecule has 0 aromatic rings. The summed E-state index contributed by atoms with van der Waals surface area (Å²) in [5, 5.41) is 30.9. The Labute approximate surface area is 276 Å². The molecular weight excluding hydrogens is 566 g/mol. The van der Waals surface area contributed by atoms with Crippen molar-refractivity contribution in [3.8, 4) is 0 Å². The zero-order valence-electron chi connectivity index (χ0n) is 29.8. The average Bonchev–Trinajstić information content (AvgIpc) is 3.00. The Hall–Kier alpha value is -1.89. The molecule has 0 aliphatic rings. The maximum Gasteiger partial charge on any atom is 0.362 e. The number of carboxylic acids is 3. The van der Waals surface area contributed by atoms with Gasteiger partial charge in [0.2, 0.25) is 0 Å². The van der Waals surface area contributed by atoms with Gasteiger partial charge in [0.1, 0.15) is 0 Å². The van der Waals surface area contributed by atoms with Crippen LogP contribution in [0.3, 0.4) is 0 Å². The number of rotatable bonds is 33. The van der Waals surface area contributed by atoms with Crippen LogP contribution >= 0.6 is 0 Å². The monoisotopic (exact) mass is 639 g/mol. The van der Waals surface area contributed by atoms with E-state index in [1.807, 2.05) is 20.8 Å². The molecule has 3 atom stereocenters. The summed E-state index contributed by atoms with van der Waals surface area (Å²) in [4.78, 5) is 37.8. The number of quaternary nitrogens is 1. The highest BCUT2D eigenvalue weighted by molar-refractivity contribution is 5.78. The summed E-state index contributed by atoms with van der Waals surface area (Å²) in [7, 11) is 0. The molecule has 0 rings (SSSR count). The van der Waals surface area contributed by atoms with Crippen LogP contribution in [0.25, 0.3) is 0 Å². The molecule has 45 heavy (non-hydrogen) atoms. The molecule has 0 saturated carbocycles. The van der Waals surface area contributed by atoms with Gasteiger partial charge < -0.3 is 15.3 Å². The van der Waals surface area contributed by atoms with Gasteiger partial charge in [-0.2, -0.15) is 0 Å². The van der Waals surface area contributed by atoms with E-state index in [0.717, 1.165) is 19.3 Å². The Morgan fingerprint density at radius 3 is 1.02 bits per heavy atom. The first-order valence-corrected chi connectivity index (χ1v) is 18.9. The van der Waals surface area contributed by atoms with Crippen LogP contribution < -0.4 is 0 Å². The summed E-state index contributed by atoms with van der Waals surface area (Å²) in [6.07, 6.45) is 30.5. The smallest absolute Gasteiger partial charge is 0.362 e. The maximum absolute atomic E-state index is 12.6. The van der Waals surface area contributed by atoms with Gasteiger partial charge in [-0.1, -0.05) is 130 Å². The number of hydrogen-bond donors (Lipinski definition) is 3. The molecule has 3 N–H and O–H groups in total. The van der Waals surface area contributed by atoms with Gasteiger partial charge in [0.25, 0.3) is 0 Å². The van der Waals surface area contributed by atoms with E-state index in [1.165, 1.54) is 96.3 Å². The lowest BCUT2D eigenvalue weighted by molar-refractivity contribution is -0.973. The molecule has 0 spiro atoms. The maximum atomic E-state index is 12.6. The highest BCUT2D eigenvalue weighted by atomic mass is 16.4. The zero-order valence-corrected chi connectivity index (χ0v) is 29.8. The van der Waals surface area contributed by atoms with Crippen molar-refractivity contribution in [3.63, 3.8) is 0 Å². The van der Waals surface area contributed by atoms with Crippen molar-refractivity contribution in [2.75, 3.05) is 6.54 Å². The van der Waals surface area contributed by atoms with Crippen LogP contribution in [0.15, 0.2) is 12.2 Å². The molecule has 0 fully saturated rings. The summed E-state index contributed by atoms with van der Waals surface area (Å²) in [6.45, 7) is 8.14. The van der Waals surface area contributed by atoms with Gasteiger partial charge in [-0.05, 0) is 51.4 Å². The second-order valence-corrected chi connectivity index (χ2v) is 13.4. The van der Waals surface area contributed by atoms with Crippen LogP contribution in [0.4, 0.5) is 0 Å². The second kappa shape index (κ2) is 28.3. The molecule has 0 bridgehead atoms. The van der Waals surface area contributed by atoms with Gasteiger partial charge in [0.05, 0.1) is 6.54 Å². The number of hydrogen-bond acceptors (Lipinski definition) is 3. The lowest BCUT2D eigenvalue weighted by Gasteiger charge is -2.50. The summed E-state index contributed by atoms with van der Waals surface area (Å²) >= 11 is 0. The normalized spacial score (nSPS) is 15.1. The molecule has 0 amide bonds. The largest absolute Gasteiger partial charge is 0.477 e. The van der Waals surface area contributed by atoms with Crippen molar-refractivity contribution < 1.29 is 34.2 Å². The van der Waals surface area contributed by atoms with E-state index in [0.29, 0.717) is 25.7 Å². The minimum absolute atomic E-state index is 0.248. The summed E-state index contributed by atoms with van der Waals surface area (Å²) in [6, 6.07) is -3.18. The molecule has 7 heteroatoms. The van der Waals surface area contributed by atoms with Crippen LogP contribution in [0, 0.1) is 0 Å². The number of nitrogens with zero attached hydrogens (tertiary/aromatic N) is 1. The van der Waals surface area contributed by atoms with E-state index in [2.05, 4.69) is 19.1 Å². The predicted molar refractivity (Wildman–Crippen MR) is 187 cm³/mol. The number of allylic oxidation sites excluding steroid dienone is 2. The van der Waals surface area contributed by atoms with Crippen molar-refractivity contribution in [1.29, 1.82) is 0 Å². The fraction of sp³-hybridized carbons (Fsp3) is 0.868. The number of carbonyl (C=O) groups is 3. The SMILES string of the molecule is CCCCCCCCCCCCCCCCC/C=C/CCCC[N+](C(CCC)C(=O)O)(C(CCC)C(=O)O)C(CCC)C(=O)O. The Balaban J connectivity index is 4.72. The highest BCUT2D eigenvalue weighted by Gasteiger charge is 2.56. The van der Waals surface area contributed by atoms with Gasteiger partial charge >= 0.3 is 17.9 Å². The van der Waals surface area contributed by atoms with Gasteiger partial charge in [0.15, 0.2) is 18.1 Å². The summed E-state index contributed by atoms with van der Waals surface area (Å²) in [5.74, 6) is -3.28. The number of aliphatic carboxylic acids is 3. The quantitative estimate of drug-likeness (QED) is 0.0374. The predicted octanol–water partition coefficient (Wildman–Crippen LogP) is 10.6. The van der Waals surface area contributed by atoms with Crippen molar-refractivity contribution in [2.24, 2.45) is 0 Å². The van der Waals surface area contributed by atoms with Crippen LogP contribution in [0.2, 0.25) is 0 Å². The first-order chi connectivity index (χ1) is 21.7. The number of unbranched alkanes of at least 4 members (excludes halogenated alkanes) is 17. The van der Waals surface area contributed by atoms with Gasteiger partial charge in [-0.25, -0.2) is 14.4 Å². The zero-order chi connectivity index (χ0) is 33.8.